The van der Waals surface area contributed by atoms with E-state index < -0.39 is 0 Å². The highest BCUT2D eigenvalue weighted by molar-refractivity contribution is 6.10. The molecule has 36 heavy (non-hydrogen) atoms. The molecule has 1 amide bonds. The number of fused-ring (bicyclic) bond motifs is 2. The predicted molar refractivity (Wildman–Crippen MR) is 140 cm³/mol. The Morgan fingerprint density at radius 3 is 2.53 bits per heavy atom. The van der Waals surface area contributed by atoms with Crippen molar-refractivity contribution < 1.29 is 19.0 Å². The molecule has 0 radical (unpaired) electrons. The van der Waals surface area contributed by atoms with Crippen molar-refractivity contribution in [3.8, 4) is 11.5 Å². The van der Waals surface area contributed by atoms with Crippen LogP contribution in [0.25, 0.3) is 22.2 Å². The third kappa shape index (κ3) is 5.23. The lowest BCUT2D eigenvalue weighted by atomic mass is 10.2. The van der Waals surface area contributed by atoms with Crippen LogP contribution >= 0.6 is 0 Å². The Labute approximate surface area is 209 Å². The highest BCUT2D eigenvalue weighted by atomic mass is 16.5. The number of anilines is 1. The molecule has 0 saturated heterocycles. The zero-order chi connectivity index (χ0) is 25.7. The summed E-state index contributed by atoms with van der Waals surface area (Å²) in [5.41, 5.74) is 9.53. The summed E-state index contributed by atoms with van der Waals surface area (Å²) in [7, 11) is 3.14. The standard InChI is InChI=1S/C26H30N6O4/c1-16(2)36-13-7-12-28-26(33)22-23-25(31-19-9-6-5-8-18(19)30-23)32(24(22)27)29-15-17-10-11-20(34-3)21(14-17)35-4/h5-6,8-11,14-16H,7,12-13,27H2,1-4H3,(H,28,33)/b29-15-. The maximum Gasteiger partial charge on any atom is 0.257 e. The number of ether oxygens (including phenoxy) is 3. The molecule has 0 bridgehead atoms. The number of nitrogens with zero attached hydrogens (tertiary/aromatic N) is 4. The van der Waals surface area contributed by atoms with Gasteiger partial charge >= 0.3 is 0 Å². The molecule has 0 unspecified atom stereocenters. The van der Waals surface area contributed by atoms with Crippen LogP contribution in [-0.2, 0) is 4.74 Å². The summed E-state index contributed by atoms with van der Waals surface area (Å²) in [6, 6.07) is 12.8. The molecule has 4 rings (SSSR count). The highest BCUT2D eigenvalue weighted by Gasteiger charge is 2.24. The van der Waals surface area contributed by atoms with Gasteiger partial charge in [0.1, 0.15) is 16.9 Å². The lowest BCUT2D eigenvalue weighted by Crippen LogP contribution is -2.26. The quantitative estimate of drug-likeness (QED) is 0.257. The maximum atomic E-state index is 13.2. The number of amides is 1. The molecule has 2 aromatic carbocycles. The Bertz CT molecular complexity index is 1410. The van der Waals surface area contributed by atoms with Crippen molar-refractivity contribution in [3.05, 3.63) is 53.6 Å². The van der Waals surface area contributed by atoms with Crippen molar-refractivity contribution in [2.24, 2.45) is 5.10 Å². The van der Waals surface area contributed by atoms with Crippen LogP contribution in [0.15, 0.2) is 47.6 Å². The molecule has 10 nitrogen and oxygen atoms in total. The van der Waals surface area contributed by atoms with Gasteiger partial charge < -0.3 is 25.3 Å². The third-order valence-corrected chi connectivity index (χ3v) is 5.49. The summed E-state index contributed by atoms with van der Waals surface area (Å²) >= 11 is 0. The van der Waals surface area contributed by atoms with Crippen molar-refractivity contribution in [1.29, 1.82) is 0 Å². The largest absolute Gasteiger partial charge is 0.493 e. The molecule has 0 fully saturated rings. The number of methoxy groups -OCH3 is 2. The number of nitrogen functional groups attached to an aromatic ring is 1. The monoisotopic (exact) mass is 490 g/mol. The van der Waals surface area contributed by atoms with Crippen LogP contribution in [0.3, 0.4) is 0 Å². The fraction of sp³-hybridized carbons (Fsp3) is 0.308. The minimum atomic E-state index is -0.341. The summed E-state index contributed by atoms with van der Waals surface area (Å²) in [4.78, 5) is 22.6. The predicted octanol–water partition coefficient (Wildman–Crippen LogP) is 3.61. The number of benzene rings is 2. The Hall–Kier alpha value is -4.18. The van der Waals surface area contributed by atoms with E-state index in [9.17, 15) is 4.79 Å². The van der Waals surface area contributed by atoms with Crippen LogP contribution in [0.2, 0.25) is 0 Å². The van der Waals surface area contributed by atoms with E-state index in [0.29, 0.717) is 53.3 Å². The van der Waals surface area contributed by atoms with Crippen molar-refractivity contribution in [2.75, 3.05) is 33.1 Å². The van der Waals surface area contributed by atoms with Crippen LogP contribution in [-0.4, -0.2) is 60.2 Å². The fourth-order valence-electron chi connectivity index (χ4n) is 3.73. The van der Waals surface area contributed by atoms with Crippen molar-refractivity contribution in [2.45, 2.75) is 26.4 Å². The van der Waals surface area contributed by atoms with Crippen LogP contribution in [0.5, 0.6) is 11.5 Å². The number of aromatic nitrogens is 3. The van der Waals surface area contributed by atoms with Gasteiger partial charge in [-0.3, -0.25) is 4.79 Å². The molecule has 10 heteroatoms. The first-order valence-electron chi connectivity index (χ1n) is 11.7. The third-order valence-electron chi connectivity index (χ3n) is 5.49. The summed E-state index contributed by atoms with van der Waals surface area (Å²) in [6.07, 6.45) is 2.43. The zero-order valence-corrected chi connectivity index (χ0v) is 20.8. The van der Waals surface area contributed by atoms with Gasteiger partial charge in [0.05, 0.1) is 37.6 Å². The molecule has 2 heterocycles. The molecule has 0 aliphatic rings. The van der Waals surface area contributed by atoms with Crippen LogP contribution in [0.4, 0.5) is 5.82 Å². The van der Waals surface area contributed by atoms with E-state index in [2.05, 4.69) is 10.4 Å². The number of rotatable bonds is 10. The van der Waals surface area contributed by atoms with Gasteiger partial charge in [-0.2, -0.15) is 9.78 Å². The van der Waals surface area contributed by atoms with Crippen LogP contribution in [0, 0.1) is 0 Å². The molecule has 2 aromatic heterocycles. The molecule has 4 aromatic rings. The van der Waals surface area contributed by atoms with Gasteiger partial charge in [-0.25, -0.2) is 9.97 Å². The van der Waals surface area contributed by atoms with Crippen molar-refractivity contribution in [3.63, 3.8) is 0 Å². The Kier molecular flexibility index (Phi) is 7.65. The van der Waals surface area contributed by atoms with E-state index >= 15 is 0 Å². The molecule has 0 saturated carbocycles. The fourth-order valence-corrected chi connectivity index (χ4v) is 3.73. The van der Waals surface area contributed by atoms with Gasteiger partial charge in [-0.15, -0.1) is 0 Å². The Morgan fingerprint density at radius 1 is 1.11 bits per heavy atom. The summed E-state index contributed by atoms with van der Waals surface area (Å²) in [6.45, 7) is 4.93. The highest BCUT2D eigenvalue weighted by Crippen LogP contribution is 2.29. The van der Waals surface area contributed by atoms with Gasteiger partial charge in [-0.1, -0.05) is 12.1 Å². The molecular weight excluding hydrogens is 460 g/mol. The zero-order valence-electron chi connectivity index (χ0n) is 20.8. The summed E-state index contributed by atoms with van der Waals surface area (Å²) < 4.78 is 17.6. The Balaban J connectivity index is 1.72. The van der Waals surface area contributed by atoms with Gasteiger partial charge in [0, 0.05) is 13.2 Å². The molecule has 0 aliphatic heterocycles. The molecule has 0 aliphatic carbocycles. The van der Waals surface area contributed by atoms with Gasteiger partial charge in [0.15, 0.2) is 17.1 Å². The first kappa shape index (κ1) is 24.9. The number of nitrogens with one attached hydrogen (secondary N) is 1. The minimum absolute atomic E-state index is 0.140. The Morgan fingerprint density at radius 2 is 1.83 bits per heavy atom. The van der Waals surface area contributed by atoms with E-state index in [1.807, 2.05) is 44.2 Å². The number of para-hydroxylation sites is 2. The second kappa shape index (κ2) is 11.0. The van der Waals surface area contributed by atoms with Gasteiger partial charge in [0.25, 0.3) is 5.91 Å². The normalized spacial score (nSPS) is 11.6. The lowest BCUT2D eigenvalue weighted by Gasteiger charge is -2.08. The van der Waals surface area contributed by atoms with E-state index in [1.165, 1.54) is 4.68 Å². The number of carbonyl (C=O) groups excluding carboxylic acids is 1. The second-order valence-corrected chi connectivity index (χ2v) is 8.34. The van der Waals surface area contributed by atoms with E-state index in [0.717, 1.165) is 5.56 Å². The van der Waals surface area contributed by atoms with Gasteiger partial charge in [-0.05, 0) is 56.2 Å². The van der Waals surface area contributed by atoms with E-state index in [1.54, 1.807) is 32.6 Å². The first-order valence-corrected chi connectivity index (χ1v) is 11.7. The number of nitrogens with two attached hydrogens (primary N) is 1. The van der Waals surface area contributed by atoms with Crippen LogP contribution in [0.1, 0.15) is 36.2 Å². The molecular formula is C26H30N6O4. The lowest BCUT2D eigenvalue weighted by molar-refractivity contribution is 0.0757. The van der Waals surface area contributed by atoms with Crippen molar-refractivity contribution >= 4 is 40.1 Å². The van der Waals surface area contributed by atoms with Crippen molar-refractivity contribution in [1.82, 2.24) is 20.0 Å². The average molecular weight is 491 g/mol. The molecule has 188 valence electrons. The molecule has 3 N–H and O–H groups in total. The summed E-state index contributed by atoms with van der Waals surface area (Å²) in [5, 5.41) is 7.45. The minimum Gasteiger partial charge on any atom is -0.493 e. The second-order valence-electron chi connectivity index (χ2n) is 8.34. The number of hydrogen-bond donors (Lipinski definition) is 2. The van der Waals surface area contributed by atoms with Gasteiger partial charge in [0.2, 0.25) is 0 Å². The maximum absolute atomic E-state index is 13.2. The number of hydrogen-bond acceptors (Lipinski definition) is 8. The van der Waals surface area contributed by atoms with E-state index in [4.69, 9.17) is 29.9 Å². The molecule has 0 spiro atoms. The molecule has 0 atom stereocenters. The van der Waals surface area contributed by atoms with E-state index in [-0.39, 0.29) is 23.4 Å². The smallest absolute Gasteiger partial charge is 0.257 e. The summed E-state index contributed by atoms with van der Waals surface area (Å²) in [5.74, 6) is 0.981. The van der Waals surface area contributed by atoms with Crippen LogP contribution < -0.4 is 20.5 Å². The SMILES string of the molecule is COc1ccc(/C=N\n2c(N)c(C(=O)NCCCOC(C)C)c3nc4ccccc4nc32)cc1OC. The first-order chi connectivity index (χ1) is 17.4. The topological polar surface area (TPSA) is 126 Å². The average Bonchev–Trinajstić information content (AvgIpc) is 3.15. The number of carbonyl (C=O) groups is 1.